The lowest BCUT2D eigenvalue weighted by Crippen LogP contribution is -2.46. The minimum absolute atomic E-state index is 0.0103. The second kappa shape index (κ2) is 8.07. The molecule has 1 aliphatic heterocycles. The molecule has 152 valence electrons. The number of rotatable bonds is 5. The first-order chi connectivity index (χ1) is 14.5. The molecule has 3 aromatic rings. The Kier molecular flexibility index (Phi) is 5.48. The quantitative estimate of drug-likeness (QED) is 0.394. The molecule has 0 saturated heterocycles. The van der Waals surface area contributed by atoms with E-state index in [1.54, 1.807) is 0 Å². The van der Waals surface area contributed by atoms with Crippen molar-refractivity contribution in [1.29, 1.82) is 0 Å². The normalized spacial score (nSPS) is 19.6. The van der Waals surface area contributed by atoms with E-state index in [2.05, 4.69) is 21.2 Å². The highest BCUT2D eigenvalue weighted by Crippen LogP contribution is 2.51. The molecule has 3 aromatic carbocycles. The van der Waals surface area contributed by atoms with E-state index in [9.17, 15) is 9.59 Å². The van der Waals surface area contributed by atoms with E-state index >= 15 is 0 Å². The maximum Gasteiger partial charge on any atom is 0.336 e. The average molecular weight is 464 g/mol. The Balaban J connectivity index is 1.83. The third kappa shape index (κ3) is 3.43. The molecule has 0 spiro atoms. The summed E-state index contributed by atoms with van der Waals surface area (Å²) in [5.41, 5.74) is 3.09. The van der Waals surface area contributed by atoms with Gasteiger partial charge in [-0.3, -0.25) is 4.79 Å². The Hall–Kier alpha value is -2.92. The number of Topliss-reactive ketones (excluding diaryl/α,β-unsaturated/α-hetero) is 1. The monoisotopic (exact) mass is 463 g/mol. The van der Waals surface area contributed by atoms with Crippen molar-refractivity contribution in [3.63, 3.8) is 0 Å². The van der Waals surface area contributed by atoms with E-state index in [1.807, 2.05) is 79.7 Å². The highest BCUT2D eigenvalue weighted by molar-refractivity contribution is 9.10. The van der Waals surface area contributed by atoms with Crippen molar-refractivity contribution in [2.45, 2.75) is 24.8 Å². The molecular formula is C25H22BrNO3. The van der Waals surface area contributed by atoms with Crippen molar-refractivity contribution >= 4 is 33.4 Å². The summed E-state index contributed by atoms with van der Waals surface area (Å²) in [5, 5.41) is 3.41. The number of methoxy groups -OCH3 is 1. The van der Waals surface area contributed by atoms with Gasteiger partial charge >= 0.3 is 5.97 Å². The van der Waals surface area contributed by atoms with E-state index in [0.29, 0.717) is 5.56 Å². The second-order valence-electron chi connectivity index (χ2n) is 7.56. The number of nitrogens with one attached hydrogen (secondary N) is 1. The van der Waals surface area contributed by atoms with Gasteiger partial charge < -0.3 is 10.1 Å². The number of ketones is 1. The molecule has 2 atom stereocenters. The number of fused-ring (bicyclic) bond motifs is 1. The topological polar surface area (TPSA) is 55.4 Å². The molecule has 0 amide bonds. The number of ether oxygens (including phenoxy) is 1. The first-order valence-electron chi connectivity index (χ1n) is 9.77. The Morgan fingerprint density at radius 3 is 2.33 bits per heavy atom. The van der Waals surface area contributed by atoms with Gasteiger partial charge in [-0.15, -0.1) is 0 Å². The molecule has 4 nitrogen and oxygen atoms in total. The molecule has 1 aliphatic rings. The minimum Gasteiger partial charge on any atom is -0.467 e. The van der Waals surface area contributed by atoms with Crippen molar-refractivity contribution in [2.24, 2.45) is 0 Å². The van der Waals surface area contributed by atoms with Crippen molar-refractivity contribution in [2.75, 3.05) is 12.4 Å². The fraction of sp³-hybridized carbons (Fsp3) is 0.200. The zero-order valence-electron chi connectivity index (χ0n) is 16.8. The van der Waals surface area contributed by atoms with E-state index in [4.69, 9.17) is 4.74 Å². The summed E-state index contributed by atoms with van der Waals surface area (Å²) >= 11 is 3.46. The van der Waals surface area contributed by atoms with Gasteiger partial charge in [0, 0.05) is 28.1 Å². The predicted octanol–water partition coefficient (Wildman–Crippen LogP) is 5.61. The number of aryl methyl sites for hydroxylation is 1. The number of esters is 1. The Morgan fingerprint density at radius 1 is 1.00 bits per heavy atom. The minimum atomic E-state index is -1.18. The largest absolute Gasteiger partial charge is 0.467 e. The van der Waals surface area contributed by atoms with Gasteiger partial charge in [0.2, 0.25) is 0 Å². The molecule has 0 unspecified atom stereocenters. The Bertz CT molecular complexity index is 1090. The lowest BCUT2D eigenvalue weighted by atomic mass is 9.74. The van der Waals surface area contributed by atoms with Crippen LogP contribution in [0.2, 0.25) is 0 Å². The molecule has 4 rings (SSSR count). The van der Waals surface area contributed by atoms with Gasteiger partial charge in [0.15, 0.2) is 11.3 Å². The third-order valence-corrected chi connectivity index (χ3v) is 6.29. The van der Waals surface area contributed by atoms with Crippen molar-refractivity contribution < 1.29 is 14.3 Å². The standard InChI is InChI=1S/C25H22BrNO3/c1-16-7-9-17(10-8-16)23(28)15-21-20-5-3-4-6-22(20)27-25(21,24(29)30-2)18-11-13-19(26)14-12-18/h3-14,21,27H,15H2,1-2H3/t21-,25-/m0/s1. The zero-order valence-corrected chi connectivity index (χ0v) is 18.4. The first-order valence-corrected chi connectivity index (χ1v) is 10.6. The lowest BCUT2D eigenvalue weighted by Gasteiger charge is -2.34. The summed E-state index contributed by atoms with van der Waals surface area (Å²) in [6.07, 6.45) is 0.179. The van der Waals surface area contributed by atoms with Crippen LogP contribution < -0.4 is 5.32 Å². The van der Waals surface area contributed by atoms with Crippen LogP contribution in [0.15, 0.2) is 77.3 Å². The summed E-state index contributed by atoms with van der Waals surface area (Å²) in [5.74, 6) is -0.831. The first kappa shape index (κ1) is 20.4. The van der Waals surface area contributed by atoms with E-state index in [-0.39, 0.29) is 12.2 Å². The molecule has 0 fully saturated rings. The number of para-hydroxylation sites is 1. The van der Waals surface area contributed by atoms with Gasteiger partial charge in [-0.1, -0.05) is 76.1 Å². The van der Waals surface area contributed by atoms with E-state index < -0.39 is 17.4 Å². The summed E-state index contributed by atoms with van der Waals surface area (Å²) < 4.78 is 6.17. The molecule has 1 heterocycles. The van der Waals surface area contributed by atoms with Crippen LogP contribution in [0.5, 0.6) is 0 Å². The number of hydrogen-bond donors (Lipinski definition) is 1. The summed E-state index contributed by atoms with van der Waals surface area (Å²) in [6.45, 7) is 1.99. The fourth-order valence-electron chi connectivity index (χ4n) is 4.21. The van der Waals surface area contributed by atoms with Crippen molar-refractivity contribution in [3.8, 4) is 0 Å². The maximum absolute atomic E-state index is 13.3. The van der Waals surface area contributed by atoms with Gasteiger partial charge in [-0.05, 0) is 36.2 Å². The highest BCUT2D eigenvalue weighted by atomic mass is 79.9. The zero-order chi connectivity index (χ0) is 21.3. The number of benzene rings is 3. The SMILES string of the molecule is COC(=O)[C@@]1(c2ccc(Br)cc2)Nc2ccccc2[C@@H]1CC(=O)c1ccc(C)cc1. The molecule has 30 heavy (non-hydrogen) atoms. The van der Waals surface area contributed by atoms with Crippen LogP contribution in [0.1, 0.15) is 39.4 Å². The molecule has 5 heteroatoms. The van der Waals surface area contributed by atoms with Gasteiger partial charge in [0.1, 0.15) is 0 Å². The Labute approximate surface area is 184 Å². The average Bonchev–Trinajstić information content (AvgIpc) is 3.09. The van der Waals surface area contributed by atoms with Crippen molar-refractivity contribution in [1.82, 2.24) is 0 Å². The summed E-state index contributed by atoms with van der Waals surface area (Å²) in [4.78, 5) is 26.5. The number of hydrogen-bond acceptors (Lipinski definition) is 4. The van der Waals surface area contributed by atoms with Gasteiger partial charge in [0.05, 0.1) is 7.11 Å². The fourth-order valence-corrected chi connectivity index (χ4v) is 4.48. The molecule has 0 radical (unpaired) electrons. The second-order valence-corrected chi connectivity index (χ2v) is 8.48. The summed E-state index contributed by atoms with van der Waals surface area (Å²) in [7, 11) is 1.38. The smallest absolute Gasteiger partial charge is 0.336 e. The molecule has 0 saturated carbocycles. The van der Waals surface area contributed by atoms with Crippen LogP contribution >= 0.6 is 15.9 Å². The molecular weight excluding hydrogens is 442 g/mol. The van der Waals surface area contributed by atoms with Crippen LogP contribution in [-0.4, -0.2) is 18.9 Å². The predicted molar refractivity (Wildman–Crippen MR) is 121 cm³/mol. The van der Waals surface area contributed by atoms with Gasteiger partial charge in [0.25, 0.3) is 0 Å². The molecule has 0 aromatic heterocycles. The molecule has 1 N–H and O–H groups in total. The number of anilines is 1. The van der Waals surface area contributed by atoms with Crippen LogP contribution in [0.25, 0.3) is 0 Å². The number of carbonyl (C=O) groups is 2. The molecule has 0 aliphatic carbocycles. The molecule has 0 bridgehead atoms. The van der Waals surface area contributed by atoms with Crippen molar-refractivity contribution in [3.05, 3.63) is 99.5 Å². The summed E-state index contributed by atoms with van der Waals surface area (Å²) in [6, 6.07) is 22.8. The highest BCUT2D eigenvalue weighted by Gasteiger charge is 2.54. The van der Waals surface area contributed by atoms with Gasteiger partial charge in [-0.25, -0.2) is 4.79 Å². The van der Waals surface area contributed by atoms with Crippen LogP contribution in [0.3, 0.4) is 0 Å². The van der Waals surface area contributed by atoms with Crippen LogP contribution in [0.4, 0.5) is 5.69 Å². The van der Waals surface area contributed by atoms with E-state index in [0.717, 1.165) is 26.9 Å². The van der Waals surface area contributed by atoms with Crippen LogP contribution in [0, 0.1) is 6.92 Å². The Morgan fingerprint density at radius 2 is 1.67 bits per heavy atom. The van der Waals surface area contributed by atoms with Gasteiger partial charge in [-0.2, -0.15) is 0 Å². The lowest BCUT2D eigenvalue weighted by molar-refractivity contribution is -0.147. The third-order valence-electron chi connectivity index (χ3n) is 5.76. The van der Waals surface area contributed by atoms with Crippen LogP contribution in [-0.2, 0) is 15.1 Å². The number of halogens is 1. The maximum atomic E-state index is 13.3. The number of carbonyl (C=O) groups excluding carboxylic acids is 2. The van der Waals surface area contributed by atoms with E-state index in [1.165, 1.54) is 7.11 Å².